The molecule has 0 fully saturated rings. The number of nitrogens with one attached hydrogen (secondary N) is 2. The standard InChI is InChI=1S/C27H65N5O12S2/c1-27(2,3)44-23-26(35)20-31(10-6-28)12-13-32(19-25(34)22-43-15-5-17-46(39,40)41)11-9-29-7-8-30-18-24(33)21-42-14-4-16-45(36,37)38/h24-26,29-30,33-41H,4-23,28H2,1-3H3. The smallest absolute Gasteiger partial charge is 0.0900 e. The van der Waals surface area contributed by atoms with Gasteiger partial charge < -0.3 is 73.2 Å². The van der Waals surface area contributed by atoms with Gasteiger partial charge >= 0.3 is 0 Å². The van der Waals surface area contributed by atoms with E-state index >= 15 is 0 Å². The maximum absolute atomic E-state index is 10.6. The van der Waals surface area contributed by atoms with Crippen LogP contribution in [0.5, 0.6) is 0 Å². The lowest BCUT2D eigenvalue weighted by molar-refractivity contribution is -0.0564. The third kappa shape index (κ3) is 32.6. The monoisotopic (exact) mass is 715 g/mol. The first kappa shape index (κ1) is 46.0. The molecule has 0 rings (SSSR count). The van der Waals surface area contributed by atoms with E-state index in [1.54, 1.807) is 0 Å². The summed E-state index contributed by atoms with van der Waals surface area (Å²) in [4.78, 5) is 4.14. The Balaban J connectivity index is 4.63. The first-order chi connectivity index (χ1) is 21.4. The number of hydrogen-bond donors (Lipinski definition) is 12. The molecule has 0 saturated heterocycles. The van der Waals surface area contributed by atoms with Crippen molar-refractivity contribution in [2.75, 3.05) is 117 Å². The van der Waals surface area contributed by atoms with Gasteiger partial charge in [0, 0.05) is 96.7 Å². The van der Waals surface area contributed by atoms with Crippen LogP contribution in [-0.4, -0.2) is 193 Å². The van der Waals surface area contributed by atoms with Crippen LogP contribution < -0.4 is 16.4 Å². The van der Waals surface area contributed by atoms with Crippen molar-refractivity contribution < 1.29 is 56.8 Å². The van der Waals surface area contributed by atoms with Crippen LogP contribution in [0, 0.1) is 0 Å². The van der Waals surface area contributed by atoms with Crippen LogP contribution >= 0.6 is 21.7 Å². The molecule has 0 saturated carbocycles. The second-order valence-electron chi connectivity index (χ2n) is 12.3. The van der Waals surface area contributed by atoms with E-state index in [0.717, 1.165) is 0 Å². The number of hydrogen-bond acceptors (Lipinski definition) is 17. The zero-order valence-corrected chi connectivity index (χ0v) is 29.5. The normalized spacial score (nSPS) is 15.9. The fourth-order valence-electron chi connectivity index (χ4n) is 4.12. The van der Waals surface area contributed by atoms with E-state index in [-0.39, 0.29) is 63.0 Å². The van der Waals surface area contributed by atoms with Gasteiger partial charge in [-0.2, -0.15) is 0 Å². The predicted molar refractivity (Wildman–Crippen MR) is 183 cm³/mol. The van der Waals surface area contributed by atoms with Crippen molar-refractivity contribution in [1.82, 2.24) is 20.4 Å². The van der Waals surface area contributed by atoms with Gasteiger partial charge in [0.1, 0.15) is 0 Å². The molecule has 0 aromatic carbocycles. The lowest BCUT2D eigenvalue weighted by atomic mass is 10.2. The topological polar surface area (TPSA) is 266 Å². The summed E-state index contributed by atoms with van der Waals surface area (Å²) in [6.07, 6.45) is -1.69. The number of rotatable bonds is 31. The Hall–Kier alpha value is 0.0200. The molecule has 46 heavy (non-hydrogen) atoms. The summed E-state index contributed by atoms with van der Waals surface area (Å²) in [7, 11) is -7.07. The van der Waals surface area contributed by atoms with Gasteiger partial charge in [-0.25, -0.2) is 0 Å². The molecule has 0 aliphatic rings. The highest BCUT2D eigenvalue weighted by Crippen LogP contribution is 2.33. The van der Waals surface area contributed by atoms with Crippen molar-refractivity contribution in [3.8, 4) is 0 Å². The average Bonchev–Trinajstić information content (AvgIpc) is 2.92. The van der Waals surface area contributed by atoms with Crippen molar-refractivity contribution in [3.63, 3.8) is 0 Å². The van der Waals surface area contributed by atoms with Crippen LogP contribution in [0.25, 0.3) is 0 Å². The highest BCUT2D eigenvalue weighted by atomic mass is 32.3. The molecule has 0 aliphatic heterocycles. The lowest BCUT2D eigenvalue weighted by Crippen LogP contribution is -2.46. The summed E-state index contributed by atoms with van der Waals surface area (Å²) >= 11 is 0. The molecule has 282 valence electrons. The Kier molecular flexibility index (Phi) is 25.9. The fourth-order valence-corrected chi connectivity index (χ4v) is 5.13. The largest absolute Gasteiger partial charge is 0.389 e. The van der Waals surface area contributed by atoms with Crippen molar-refractivity contribution in [2.45, 2.75) is 57.5 Å². The van der Waals surface area contributed by atoms with Crippen molar-refractivity contribution >= 4 is 21.7 Å². The van der Waals surface area contributed by atoms with Gasteiger partial charge in [-0.1, -0.05) is 0 Å². The Labute approximate surface area is 278 Å². The Bertz CT molecular complexity index is 720. The molecule has 0 aromatic heterocycles. The fraction of sp³-hybridized carbons (Fsp3) is 1.00. The van der Waals surface area contributed by atoms with Crippen LogP contribution in [0.4, 0.5) is 0 Å². The molecule has 0 bridgehead atoms. The molecular formula is C27H65N5O12S2. The van der Waals surface area contributed by atoms with Crippen molar-refractivity contribution in [1.29, 1.82) is 0 Å². The molecule has 3 unspecified atom stereocenters. The molecule has 17 nitrogen and oxygen atoms in total. The van der Waals surface area contributed by atoms with Gasteiger partial charge in [0.2, 0.25) is 0 Å². The quantitative estimate of drug-likeness (QED) is 0.0418. The minimum absolute atomic E-state index is 0.0476. The zero-order valence-electron chi connectivity index (χ0n) is 27.9. The Morgan fingerprint density at radius 3 is 1.63 bits per heavy atom. The number of ether oxygens (including phenoxy) is 3. The molecule has 19 heteroatoms. The minimum Gasteiger partial charge on any atom is -0.389 e. The van der Waals surface area contributed by atoms with Crippen LogP contribution in [0.3, 0.4) is 0 Å². The van der Waals surface area contributed by atoms with E-state index in [2.05, 4.69) is 20.4 Å². The van der Waals surface area contributed by atoms with Crippen LogP contribution in [0.2, 0.25) is 0 Å². The maximum Gasteiger partial charge on any atom is 0.0900 e. The summed E-state index contributed by atoms with van der Waals surface area (Å²) in [6, 6.07) is 0. The highest BCUT2D eigenvalue weighted by Gasteiger charge is 2.19. The van der Waals surface area contributed by atoms with Crippen LogP contribution in [-0.2, 0) is 14.2 Å². The van der Waals surface area contributed by atoms with Gasteiger partial charge in [0.25, 0.3) is 0 Å². The van der Waals surface area contributed by atoms with E-state index in [0.29, 0.717) is 72.0 Å². The van der Waals surface area contributed by atoms with E-state index < -0.39 is 40.1 Å². The van der Waals surface area contributed by atoms with Gasteiger partial charge in [-0.05, 0) is 33.6 Å². The summed E-state index contributed by atoms with van der Waals surface area (Å²) in [6.45, 7) is 12.2. The minimum atomic E-state index is -3.56. The summed E-state index contributed by atoms with van der Waals surface area (Å²) in [5.41, 5.74) is 5.46. The first-order valence-corrected chi connectivity index (χ1v) is 19.1. The summed E-state index contributed by atoms with van der Waals surface area (Å²) < 4.78 is 70.3. The second kappa shape index (κ2) is 25.9. The third-order valence-corrected chi connectivity index (χ3v) is 7.99. The van der Waals surface area contributed by atoms with Gasteiger partial charge in [0.05, 0.1) is 65.5 Å². The molecule has 3 atom stereocenters. The SMILES string of the molecule is CC(C)(C)OCC(O)CN(CCN)CCN(CCNCCNCC(O)COCCCS(O)(O)O)CC(O)COCCCS(O)(O)O. The van der Waals surface area contributed by atoms with Crippen LogP contribution in [0.1, 0.15) is 33.6 Å². The third-order valence-electron chi connectivity index (χ3n) is 6.32. The number of aliphatic hydroxyl groups excluding tert-OH is 3. The zero-order chi connectivity index (χ0) is 35.1. The Morgan fingerprint density at radius 2 is 1.13 bits per heavy atom. The number of nitrogens with zero attached hydrogens (tertiary/aromatic N) is 2. The Morgan fingerprint density at radius 1 is 0.652 bits per heavy atom. The molecule has 0 radical (unpaired) electrons. The average molecular weight is 716 g/mol. The summed E-state index contributed by atoms with van der Waals surface area (Å²) in [5.74, 6) is -0.349. The van der Waals surface area contributed by atoms with Crippen LogP contribution in [0.15, 0.2) is 0 Å². The van der Waals surface area contributed by atoms with E-state index in [4.69, 9.17) is 47.3 Å². The molecule has 0 amide bonds. The van der Waals surface area contributed by atoms with E-state index in [9.17, 15) is 15.3 Å². The molecule has 13 N–H and O–H groups in total. The maximum atomic E-state index is 10.6. The molecular weight excluding hydrogens is 650 g/mol. The van der Waals surface area contributed by atoms with Crippen molar-refractivity contribution in [3.05, 3.63) is 0 Å². The lowest BCUT2D eigenvalue weighted by Gasteiger charge is -2.30. The van der Waals surface area contributed by atoms with Gasteiger partial charge in [-0.3, -0.25) is 9.80 Å². The first-order valence-electron chi connectivity index (χ1n) is 15.8. The van der Waals surface area contributed by atoms with Gasteiger partial charge in [0.15, 0.2) is 0 Å². The highest BCUT2D eigenvalue weighted by molar-refractivity contribution is 8.19. The molecule has 0 heterocycles. The number of nitrogens with two attached hydrogens (primary N) is 1. The predicted octanol–water partition coefficient (Wildman–Crippen LogP) is -0.113. The molecule has 0 spiro atoms. The van der Waals surface area contributed by atoms with E-state index in [1.807, 2.05) is 20.8 Å². The summed E-state index contributed by atoms with van der Waals surface area (Å²) in [5, 5.41) is 37.5. The van der Waals surface area contributed by atoms with Gasteiger partial charge in [-0.15, -0.1) is 0 Å². The number of aliphatic hydroxyl groups is 3. The molecule has 0 aromatic rings. The second-order valence-corrected chi connectivity index (χ2v) is 15.6. The van der Waals surface area contributed by atoms with E-state index in [1.165, 1.54) is 0 Å². The van der Waals surface area contributed by atoms with Crippen molar-refractivity contribution in [2.24, 2.45) is 5.73 Å². The molecule has 0 aliphatic carbocycles.